The van der Waals surface area contributed by atoms with Gasteiger partial charge in [0.2, 0.25) is 0 Å². The van der Waals surface area contributed by atoms with Crippen molar-refractivity contribution in [2.24, 2.45) is 0 Å². The zero-order valence-corrected chi connectivity index (χ0v) is 10.5. The molecule has 18 heavy (non-hydrogen) atoms. The van der Waals surface area contributed by atoms with Crippen molar-refractivity contribution in [2.75, 3.05) is 11.4 Å². The summed E-state index contributed by atoms with van der Waals surface area (Å²) in [6.07, 6.45) is 1.02. The number of fused-ring (bicyclic) bond motifs is 1. The van der Waals surface area contributed by atoms with Crippen molar-refractivity contribution in [2.45, 2.75) is 26.7 Å². The molecule has 1 aliphatic heterocycles. The lowest BCUT2D eigenvalue weighted by atomic mass is 10.1. The number of amides is 1. The highest BCUT2D eigenvalue weighted by Crippen LogP contribution is 2.32. The van der Waals surface area contributed by atoms with Crippen molar-refractivity contribution in [1.82, 2.24) is 0 Å². The van der Waals surface area contributed by atoms with Crippen molar-refractivity contribution in [1.29, 1.82) is 0 Å². The van der Waals surface area contributed by atoms with Gasteiger partial charge in [-0.3, -0.25) is 9.59 Å². The van der Waals surface area contributed by atoms with Crippen LogP contribution in [-0.4, -0.2) is 24.0 Å². The number of rotatable bonds is 4. The number of aryl methyl sites for hydroxylation is 1. The van der Waals surface area contributed by atoms with Crippen LogP contribution in [0.5, 0.6) is 0 Å². The number of carbonyl (C=O) groups is 3. The van der Waals surface area contributed by atoms with Gasteiger partial charge in [0.25, 0.3) is 11.7 Å². The molecule has 4 heteroatoms. The first-order valence-corrected chi connectivity index (χ1v) is 5.97. The van der Waals surface area contributed by atoms with E-state index in [1.54, 1.807) is 12.1 Å². The molecule has 1 aromatic carbocycles. The second-order valence-corrected chi connectivity index (χ2v) is 4.56. The van der Waals surface area contributed by atoms with Crippen LogP contribution in [0.25, 0.3) is 0 Å². The minimum absolute atomic E-state index is 0.0954. The fourth-order valence-electron chi connectivity index (χ4n) is 2.24. The average Bonchev–Trinajstić information content (AvgIpc) is 2.55. The summed E-state index contributed by atoms with van der Waals surface area (Å²) < 4.78 is 0. The summed E-state index contributed by atoms with van der Waals surface area (Å²) in [5.74, 6) is -0.836. The highest BCUT2D eigenvalue weighted by molar-refractivity contribution is 6.52. The molecule has 0 spiro atoms. The van der Waals surface area contributed by atoms with E-state index in [0.717, 1.165) is 5.56 Å². The molecule has 94 valence electrons. The third-order valence-electron chi connectivity index (χ3n) is 3.10. The summed E-state index contributed by atoms with van der Waals surface area (Å²) in [5.41, 5.74) is 2.09. The fraction of sp³-hybridized carbons (Fsp3) is 0.357. The molecule has 0 radical (unpaired) electrons. The molecular weight excluding hydrogens is 230 g/mol. The Morgan fingerprint density at radius 3 is 2.67 bits per heavy atom. The first-order chi connectivity index (χ1) is 8.52. The summed E-state index contributed by atoms with van der Waals surface area (Å²) in [6.45, 7) is 3.82. The van der Waals surface area contributed by atoms with Crippen LogP contribution in [0.2, 0.25) is 0 Å². The number of hydrogen-bond acceptors (Lipinski definition) is 3. The molecule has 0 fully saturated rings. The first-order valence-electron chi connectivity index (χ1n) is 5.97. The van der Waals surface area contributed by atoms with Gasteiger partial charge in [0.05, 0.1) is 11.3 Å². The van der Waals surface area contributed by atoms with Gasteiger partial charge < -0.3 is 9.69 Å². The van der Waals surface area contributed by atoms with E-state index in [-0.39, 0.29) is 5.78 Å². The van der Waals surface area contributed by atoms with E-state index in [1.165, 1.54) is 11.8 Å². The minimum Gasteiger partial charge on any atom is -0.304 e. The Labute approximate surface area is 106 Å². The van der Waals surface area contributed by atoms with E-state index < -0.39 is 11.7 Å². The Hall–Kier alpha value is -1.97. The predicted molar refractivity (Wildman–Crippen MR) is 67.8 cm³/mol. The number of para-hydroxylation sites is 1. The monoisotopic (exact) mass is 245 g/mol. The molecule has 1 heterocycles. The summed E-state index contributed by atoms with van der Waals surface area (Å²) in [7, 11) is 0. The lowest BCUT2D eigenvalue weighted by molar-refractivity contribution is -0.117. The standard InChI is InChI=1S/C14H15NO3/c1-9-5-3-7-11-12(9)15(14(18)13(11)17)8-4-6-10(2)16/h3,5,7H,4,6,8H2,1-2H3. The molecule has 1 amide bonds. The van der Waals surface area contributed by atoms with Gasteiger partial charge in [-0.15, -0.1) is 0 Å². The molecule has 0 aliphatic carbocycles. The Kier molecular flexibility index (Phi) is 3.28. The van der Waals surface area contributed by atoms with Crippen molar-refractivity contribution in [3.8, 4) is 0 Å². The van der Waals surface area contributed by atoms with Crippen LogP contribution in [-0.2, 0) is 9.59 Å². The van der Waals surface area contributed by atoms with Crippen molar-refractivity contribution < 1.29 is 14.4 Å². The topological polar surface area (TPSA) is 54.5 Å². The maximum Gasteiger partial charge on any atom is 0.299 e. The molecule has 0 N–H and O–H groups in total. The van der Waals surface area contributed by atoms with E-state index in [1.807, 2.05) is 13.0 Å². The summed E-state index contributed by atoms with van der Waals surface area (Å²) in [5, 5.41) is 0. The predicted octanol–water partition coefficient (Wildman–Crippen LogP) is 1.89. The maximum atomic E-state index is 11.9. The second-order valence-electron chi connectivity index (χ2n) is 4.56. The third kappa shape index (κ3) is 2.06. The SMILES string of the molecule is CC(=O)CCCN1C(=O)C(=O)c2cccc(C)c21. The van der Waals surface area contributed by atoms with Crippen LogP contribution in [0.15, 0.2) is 18.2 Å². The second kappa shape index (κ2) is 4.72. The smallest absolute Gasteiger partial charge is 0.299 e. The molecule has 1 aromatic rings. The Morgan fingerprint density at radius 1 is 1.28 bits per heavy atom. The Bertz CT molecular complexity index is 534. The number of hydrogen-bond donors (Lipinski definition) is 0. The average molecular weight is 245 g/mol. The lowest BCUT2D eigenvalue weighted by Crippen LogP contribution is -2.31. The maximum absolute atomic E-state index is 11.9. The summed E-state index contributed by atoms with van der Waals surface area (Å²) in [6, 6.07) is 5.33. The third-order valence-corrected chi connectivity index (χ3v) is 3.10. The fourth-order valence-corrected chi connectivity index (χ4v) is 2.24. The normalized spacial score (nSPS) is 14.0. The Balaban J connectivity index is 2.25. The number of ketones is 2. The zero-order valence-electron chi connectivity index (χ0n) is 10.5. The van der Waals surface area contributed by atoms with Crippen LogP contribution in [0.1, 0.15) is 35.7 Å². The quantitative estimate of drug-likeness (QED) is 0.761. The van der Waals surface area contributed by atoms with E-state index in [4.69, 9.17) is 0 Å². The number of Topliss-reactive ketones (excluding diaryl/α,β-unsaturated/α-hetero) is 2. The molecule has 0 saturated heterocycles. The molecule has 0 unspecified atom stereocenters. The molecule has 4 nitrogen and oxygen atoms in total. The summed E-state index contributed by atoms with van der Waals surface area (Å²) >= 11 is 0. The first kappa shape index (κ1) is 12.5. The van der Waals surface area contributed by atoms with Gasteiger partial charge in [0, 0.05) is 13.0 Å². The van der Waals surface area contributed by atoms with Crippen LogP contribution >= 0.6 is 0 Å². The van der Waals surface area contributed by atoms with E-state index in [9.17, 15) is 14.4 Å². The number of carbonyl (C=O) groups excluding carboxylic acids is 3. The molecule has 2 rings (SSSR count). The number of benzene rings is 1. The Morgan fingerprint density at radius 2 is 2.00 bits per heavy atom. The summed E-state index contributed by atoms with van der Waals surface area (Å²) in [4.78, 5) is 36.1. The van der Waals surface area contributed by atoms with Crippen molar-refractivity contribution in [3.05, 3.63) is 29.3 Å². The minimum atomic E-state index is -0.483. The molecular formula is C14H15NO3. The van der Waals surface area contributed by atoms with Crippen LogP contribution in [0.3, 0.4) is 0 Å². The van der Waals surface area contributed by atoms with Gasteiger partial charge in [0.15, 0.2) is 0 Å². The van der Waals surface area contributed by atoms with Gasteiger partial charge in [-0.05, 0) is 31.9 Å². The van der Waals surface area contributed by atoms with Crippen molar-refractivity contribution in [3.63, 3.8) is 0 Å². The van der Waals surface area contributed by atoms with E-state index in [0.29, 0.717) is 30.6 Å². The molecule has 0 aromatic heterocycles. The molecule has 1 aliphatic rings. The molecule has 0 saturated carbocycles. The van der Waals surface area contributed by atoms with Gasteiger partial charge in [0.1, 0.15) is 5.78 Å². The van der Waals surface area contributed by atoms with Gasteiger partial charge in [-0.1, -0.05) is 12.1 Å². The largest absolute Gasteiger partial charge is 0.304 e. The van der Waals surface area contributed by atoms with Crippen molar-refractivity contribution >= 4 is 23.2 Å². The zero-order chi connectivity index (χ0) is 13.3. The van der Waals surface area contributed by atoms with Crippen LogP contribution in [0, 0.1) is 6.92 Å². The van der Waals surface area contributed by atoms with Gasteiger partial charge in [-0.25, -0.2) is 0 Å². The van der Waals surface area contributed by atoms with Crippen LogP contribution in [0.4, 0.5) is 5.69 Å². The molecule has 0 bridgehead atoms. The van der Waals surface area contributed by atoms with Crippen LogP contribution < -0.4 is 4.90 Å². The van der Waals surface area contributed by atoms with Gasteiger partial charge >= 0.3 is 0 Å². The lowest BCUT2D eigenvalue weighted by Gasteiger charge is -2.17. The number of nitrogens with zero attached hydrogens (tertiary/aromatic N) is 1. The molecule has 0 atom stereocenters. The highest BCUT2D eigenvalue weighted by atomic mass is 16.2. The van der Waals surface area contributed by atoms with Gasteiger partial charge in [-0.2, -0.15) is 0 Å². The highest BCUT2D eigenvalue weighted by Gasteiger charge is 2.36. The van der Waals surface area contributed by atoms with E-state index in [2.05, 4.69) is 0 Å². The van der Waals surface area contributed by atoms with E-state index >= 15 is 0 Å². The number of anilines is 1.